The Bertz CT molecular complexity index is 1010. The van der Waals surface area contributed by atoms with Gasteiger partial charge >= 0.3 is 5.97 Å². The Balaban J connectivity index is 1.42. The molecule has 3 aliphatic rings. The summed E-state index contributed by atoms with van der Waals surface area (Å²) in [7, 11) is 4.88. The second-order valence-electron chi connectivity index (χ2n) is 10.4. The summed E-state index contributed by atoms with van der Waals surface area (Å²) in [6, 6.07) is 5.47. The maximum absolute atomic E-state index is 12.8. The number of rotatable bonds is 12. The Labute approximate surface area is 219 Å². The van der Waals surface area contributed by atoms with E-state index in [0.29, 0.717) is 37.7 Å². The summed E-state index contributed by atoms with van der Waals surface area (Å²) < 4.78 is 40.3. The molecule has 8 nitrogen and oxygen atoms in total. The monoisotopic (exact) mass is 516 g/mol. The Hall–Kier alpha value is -2.39. The number of carbonyl (C=O) groups excluding carboxylic acids is 1. The van der Waals surface area contributed by atoms with E-state index < -0.39 is 5.97 Å². The first-order chi connectivity index (χ1) is 17.8. The third-order valence-electron chi connectivity index (χ3n) is 7.65. The molecular formula is C29H40O8. The smallest absolute Gasteiger partial charge is 0.331 e. The lowest BCUT2D eigenvalue weighted by atomic mass is 9.68. The molecule has 1 aliphatic carbocycles. The van der Waals surface area contributed by atoms with Crippen LogP contribution in [0.4, 0.5) is 0 Å². The van der Waals surface area contributed by atoms with E-state index in [1.165, 1.54) is 11.6 Å². The van der Waals surface area contributed by atoms with Gasteiger partial charge in [0.15, 0.2) is 11.5 Å². The summed E-state index contributed by atoms with van der Waals surface area (Å²) in [6.07, 6.45) is 7.12. The molecule has 1 unspecified atom stereocenters. The van der Waals surface area contributed by atoms with Gasteiger partial charge in [0, 0.05) is 20.3 Å². The van der Waals surface area contributed by atoms with Crippen molar-refractivity contribution in [2.45, 2.75) is 69.5 Å². The van der Waals surface area contributed by atoms with Gasteiger partial charge in [-0.25, -0.2) is 4.79 Å². The van der Waals surface area contributed by atoms with E-state index in [-0.39, 0.29) is 35.4 Å². The van der Waals surface area contributed by atoms with E-state index in [4.69, 9.17) is 33.2 Å². The van der Waals surface area contributed by atoms with Crippen molar-refractivity contribution in [3.8, 4) is 11.5 Å². The number of hydrogen-bond donors (Lipinski definition) is 0. The molecule has 0 radical (unpaired) electrons. The largest absolute Gasteiger partial charge is 0.493 e. The predicted octanol–water partition coefficient (Wildman–Crippen LogP) is 4.35. The first-order valence-electron chi connectivity index (χ1n) is 12.9. The number of ether oxygens (including phenoxy) is 7. The van der Waals surface area contributed by atoms with E-state index in [0.717, 1.165) is 18.4 Å². The molecular weight excluding hydrogens is 476 g/mol. The van der Waals surface area contributed by atoms with Crippen molar-refractivity contribution in [3.63, 3.8) is 0 Å². The van der Waals surface area contributed by atoms with Gasteiger partial charge in [-0.05, 0) is 63.8 Å². The number of benzene rings is 1. The number of esters is 1. The van der Waals surface area contributed by atoms with Gasteiger partial charge in [0.05, 0.1) is 32.3 Å². The fourth-order valence-electron chi connectivity index (χ4n) is 5.57. The maximum atomic E-state index is 12.8. The summed E-state index contributed by atoms with van der Waals surface area (Å²) >= 11 is 0. The summed E-state index contributed by atoms with van der Waals surface area (Å²) in [4.78, 5) is 12.8. The van der Waals surface area contributed by atoms with E-state index in [9.17, 15) is 4.79 Å². The molecule has 4 rings (SSSR count). The van der Waals surface area contributed by atoms with Crippen molar-refractivity contribution in [2.24, 2.45) is 5.92 Å². The van der Waals surface area contributed by atoms with Crippen LogP contribution in [0, 0.1) is 5.92 Å². The number of allylic oxidation sites excluding steroid dienone is 1. The van der Waals surface area contributed by atoms with Gasteiger partial charge in [-0.3, -0.25) is 0 Å². The van der Waals surface area contributed by atoms with Crippen molar-refractivity contribution < 1.29 is 38.0 Å². The Morgan fingerprint density at radius 3 is 2.59 bits per heavy atom. The van der Waals surface area contributed by atoms with Gasteiger partial charge in [-0.15, -0.1) is 0 Å². The van der Waals surface area contributed by atoms with Gasteiger partial charge in [-0.2, -0.15) is 0 Å². The molecule has 1 aromatic rings. The minimum Gasteiger partial charge on any atom is -0.493 e. The molecule has 2 aliphatic heterocycles. The van der Waals surface area contributed by atoms with Gasteiger partial charge in [0.25, 0.3) is 0 Å². The SMILES string of the molecule is COCCOc1cc(/C=C/C(=O)O[C@@H]2CC[C@]3(CO3)C([C@]3(C)O[C@H]3CC=C(C)C)[C@@H]2OC)ccc1OC. The second kappa shape index (κ2) is 11.6. The molecule has 204 valence electrons. The van der Waals surface area contributed by atoms with Gasteiger partial charge in [0.2, 0.25) is 0 Å². The zero-order valence-corrected chi connectivity index (χ0v) is 22.8. The molecule has 2 heterocycles. The van der Waals surface area contributed by atoms with Crippen molar-refractivity contribution in [3.05, 3.63) is 41.5 Å². The highest BCUT2D eigenvalue weighted by Crippen LogP contribution is 2.59. The average Bonchev–Trinajstić information content (AvgIpc) is 3.79. The Morgan fingerprint density at radius 1 is 1.16 bits per heavy atom. The van der Waals surface area contributed by atoms with Crippen LogP contribution in [-0.4, -0.2) is 76.6 Å². The van der Waals surface area contributed by atoms with Gasteiger partial charge in [0.1, 0.15) is 30.0 Å². The fourth-order valence-corrected chi connectivity index (χ4v) is 5.57. The first kappa shape index (κ1) is 27.6. The molecule has 1 spiro atoms. The molecule has 0 bridgehead atoms. The maximum Gasteiger partial charge on any atom is 0.331 e. The lowest BCUT2D eigenvalue weighted by molar-refractivity contribution is -0.166. The molecule has 1 saturated carbocycles. The third kappa shape index (κ3) is 6.20. The number of methoxy groups -OCH3 is 3. The fraction of sp³-hybridized carbons (Fsp3) is 0.621. The molecule has 0 amide bonds. The molecule has 6 atom stereocenters. The quantitative estimate of drug-likeness (QED) is 0.133. The number of carbonyl (C=O) groups is 1. The van der Waals surface area contributed by atoms with Crippen LogP contribution >= 0.6 is 0 Å². The average molecular weight is 517 g/mol. The van der Waals surface area contributed by atoms with Crippen molar-refractivity contribution >= 4 is 12.0 Å². The topological polar surface area (TPSA) is 88.3 Å². The minimum absolute atomic E-state index is 0.00973. The van der Waals surface area contributed by atoms with Crippen LogP contribution in [0.15, 0.2) is 35.9 Å². The highest BCUT2D eigenvalue weighted by molar-refractivity contribution is 5.87. The summed E-state index contributed by atoms with van der Waals surface area (Å²) in [5, 5.41) is 0. The summed E-state index contributed by atoms with van der Waals surface area (Å²) in [6.45, 7) is 7.87. The summed E-state index contributed by atoms with van der Waals surface area (Å²) in [5.74, 6) is 0.769. The van der Waals surface area contributed by atoms with Crippen molar-refractivity contribution in [2.75, 3.05) is 41.2 Å². The molecule has 2 saturated heterocycles. The van der Waals surface area contributed by atoms with E-state index in [1.54, 1.807) is 33.5 Å². The Morgan fingerprint density at radius 2 is 1.95 bits per heavy atom. The Kier molecular flexibility index (Phi) is 8.63. The lowest BCUT2D eigenvalue weighted by Gasteiger charge is -2.42. The van der Waals surface area contributed by atoms with E-state index in [2.05, 4.69) is 26.8 Å². The standard InChI is InChI=1S/C29H40O8/c1-19(2)7-11-24-28(3,37-24)27-26(33-6)22(13-14-29(27)18-35-29)36-25(30)12-9-20-8-10-21(32-5)23(17-20)34-16-15-31-4/h7-10,12,17,22,24,26-27H,11,13-16,18H2,1-6H3/b12-9+/t22-,24+,26-,27?,28-,29+/m1/s1. The molecule has 3 fully saturated rings. The van der Waals surface area contributed by atoms with Crippen LogP contribution in [0.25, 0.3) is 6.08 Å². The molecule has 0 N–H and O–H groups in total. The summed E-state index contributed by atoms with van der Waals surface area (Å²) in [5.41, 5.74) is 1.44. The normalized spacial score (nSPS) is 32.3. The molecule has 0 aromatic heterocycles. The second-order valence-corrected chi connectivity index (χ2v) is 10.4. The molecule has 1 aromatic carbocycles. The van der Waals surface area contributed by atoms with Crippen LogP contribution < -0.4 is 9.47 Å². The van der Waals surface area contributed by atoms with Crippen LogP contribution in [0.3, 0.4) is 0 Å². The van der Waals surface area contributed by atoms with Crippen LogP contribution in [-0.2, 0) is 28.5 Å². The van der Waals surface area contributed by atoms with Crippen molar-refractivity contribution in [1.29, 1.82) is 0 Å². The molecule has 8 heteroatoms. The van der Waals surface area contributed by atoms with E-state index in [1.807, 2.05) is 12.1 Å². The highest BCUT2D eigenvalue weighted by atomic mass is 16.6. The van der Waals surface area contributed by atoms with Gasteiger partial charge < -0.3 is 33.2 Å². The van der Waals surface area contributed by atoms with Crippen molar-refractivity contribution in [1.82, 2.24) is 0 Å². The van der Waals surface area contributed by atoms with Crippen LogP contribution in [0.2, 0.25) is 0 Å². The lowest BCUT2D eigenvalue weighted by Crippen LogP contribution is -2.55. The first-order valence-corrected chi connectivity index (χ1v) is 12.9. The third-order valence-corrected chi connectivity index (χ3v) is 7.65. The molecule has 37 heavy (non-hydrogen) atoms. The zero-order valence-electron chi connectivity index (χ0n) is 22.8. The van der Waals surface area contributed by atoms with E-state index >= 15 is 0 Å². The van der Waals surface area contributed by atoms with Crippen LogP contribution in [0.1, 0.15) is 45.6 Å². The minimum atomic E-state index is -0.418. The predicted molar refractivity (Wildman–Crippen MR) is 139 cm³/mol. The van der Waals surface area contributed by atoms with Gasteiger partial charge in [-0.1, -0.05) is 17.7 Å². The number of epoxide rings is 2. The van der Waals surface area contributed by atoms with Crippen LogP contribution in [0.5, 0.6) is 11.5 Å². The highest BCUT2D eigenvalue weighted by Gasteiger charge is 2.72. The number of hydrogen-bond acceptors (Lipinski definition) is 8. The zero-order chi connectivity index (χ0) is 26.6.